The van der Waals surface area contributed by atoms with Gasteiger partial charge in [-0.1, -0.05) is 15.9 Å². The average molecular weight is 351 g/mol. The van der Waals surface area contributed by atoms with Crippen LogP contribution in [0.5, 0.6) is 11.5 Å². The average Bonchev–Trinajstić information content (AvgIpc) is 2.87. The molecule has 0 unspecified atom stereocenters. The van der Waals surface area contributed by atoms with E-state index in [4.69, 9.17) is 9.47 Å². The van der Waals surface area contributed by atoms with Crippen LogP contribution in [0.2, 0.25) is 0 Å². The van der Waals surface area contributed by atoms with Crippen molar-refractivity contribution in [2.45, 2.75) is 0 Å². The zero-order valence-electron chi connectivity index (χ0n) is 11.4. The van der Waals surface area contributed by atoms with Crippen molar-refractivity contribution in [3.8, 4) is 22.9 Å². The molecule has 4 nitrogen and oxygen atoms in total. The Kier molecular flexibility index (Phi) is 3.55. The number of nitrogens with one attached hydrogen (secondary N) is 1. The lowest BCUT2D eigenvalue weighted by Gasteiger charge is -2.06. The minimum Gasteiger partial charge on any atom is -0.493 e. The molecular weight excluding hydrogens is 339 g/mol. The van der Waals surface area contributed by atoms with Gasteiger partial charge in [0.2, 0.25) is 0 Å². The minimum absolute atomic E-state index is 0.324. The van der Waals surface area contributed by atoms with Crippen molar-refractivity contribution in [1.82, 2.24) is 9.97 Å². The Hall–Kier alpha value is -2.08. The second kappa shape index (κ2) is 5.37. The number of ether oxygens (including phenoxy) is 2. The largest absolute Gasteiger partial charge is 0.493 e. The van der Waals surface area contributed by atoms with Crippen LogP contribution in [-0.2, 0) is 0 Å². The molecule has 108 valence electrons. The first-order valence-electron chi connectivity index (χ1n) is 6.19. The molecule has 0 atom stereocenters. The quantitative estimate of drug-likeness (QED) is 0.771. The van der Waals surface area contributed by atoms with Crippen molar-refractivity contribution in [2.75, 3.05) is 14.2 Å². The zero-order valence-corrected chi connectivity index (χ0v) is 13.0. The topological polar surface area (TPSA) is 47.1 Å². The number of H-pyrrole nitrogens is 1. The maximum Gasteiger partial charge on any atom is 0.163 e. The van der Waals surface area contributed by atoms with Crippen LogP contribution in [0.1, 0.15) is 0 Å². The van der Waals surface area contributed by atoms with Gasteiger partial charge in [-0.15, -0.1) is 0 Å². The number of nitrogens with zero attached hydrogens (tertiary/aromatic N) is 1. The minimum atomic E-state index is -0.324. The molecule has 0 aliphatic rings. The summed E-state index contributed by atoms with van der Waals surface area (Å²) < 4.78 is 24.7. The van der Waals surface area contributed by atoms with E-state index >= 15 is 0 Å². The molecule has 1 N–H and O–H groups in total. The summed E-state index contributed by atoms with van der Waals surface area (Å²) in [5.41, 5.74) is 2.18. The van der Waals surface area contributed by atoms with Crippen molar-refractivity contribution < 1.29 is 13.9 Å². The summed E-state index contributed by atoms with van der Waals surface area (Å²) in [6.07, 6.45) is 0. The molecule has 3 aromatic rings. The number of aromatic nitrogens is 2. The molecule has 1 aromatic heterocycles. The van der Waals surface area contributed by atoms with Crippen LogP contribution in [0.25, 0.3) is 22.4 Å². The maximum atomic E-state index is 13.5. The standard InChI is InChI=1S/C15H12BrFN2O2/c1-20-13-6-11-12(7-14(13)21-2)19-15(18-11)8-3-9(16)5-10(17)4-8/h3-7H,1-2H3,(H,18,19). The fourth-order valence-corrected chi connectivity index (χ4v) is 2.63. The highest BCUT2D eigenvalue weighted by molar-refractivity contribution is 9.10. The molecule has 0 aliphatic carbocycles. The Balaban J connectivity index is 2.16. The SMILES string of the molecule is COc1cc2nc(-c3cc(F)cc(Br)c3)[nH]c2cc1OC. The van der Waals surface area contributed by atoms with Gasteiger partial charge in [0.15, 0.2) is 11.5 Å². The van der Waals surface area contributed by atoms with Crippen LogP contribution < -0.4 is 9.47 Å². The number of imidazole rings is 1. The smallest absolute Gasteiger partial charge is 0.163 e. The van der Waals surface area contributed by atoms with Gasteiger partial charge in [0.25, 0.3) is 0 Å². The van der Waals surface area contributed by atoms with Gasteiger partial charge in [-0.25, -0.2) is 9.37 Å². The van der Waals surface area contributed by atoms with Gasteiger partial charge < -0.3 is 14.5 Å². The highest BCUT2D eigenvalue weighted by Gasteiger charge is 2.12. The number of methoxy groups -OCH3 is 2. The van der Waals surface area contributed by atoms with Crippen molar-refractivity contribution in [2.24, 2.45) is 0 Å². The third-order valence-electron chi connectivity index (χ3n) is 3.12. The van der Waals surface area contributed by atoms with E-state index in [0.29, 0.717) is 27.4 Å². The summed E-state index contributed by atoms with van der Waals surface area (Å²) in [5, 5.41) is 0. The molecule has 6 heteroatoms. The van der Waals surface area contributed by atoms with Crippen LogP contribution in [0.15, 0.2) is 34.8 Å². The van der Waals surface area contributed by atoms with Crippen molar-refractivity contribution in [1.29, 1.82) is 0 Å². The van der Waals surface area contributed by atoms with Crippen LogP contribution >= 0.6 is 15.9 Å². The van der Waals surface area contributed by atoms with E-state index in [1.54, 1.807) is 32.4 Å². The zero-order chi connectivity index (χ0) is 15.0. The summed E-state index contributed by atoms with van der Waals surface area (Å²) in [5.74, 6) is 1.47. The van der Waals surface area contributed by atoms with E-state index in [9.17, 15) is 4.39 Å². The van der Waals surface area contributed by atoms with Gasteiger partial charge >= 0.3 is 0 Å². The normalized spacial score (nSPS) is 10.9. The predicted octanol–water partition coefficient (Wildman–Crippen LogP) is 4.15. The molecule has 0 radical (unpaired) electrons. The summed E-state index contributed by atoms with van der Waals surface area (Å²) in [7, 11) is 3.14. The fourth-order valence-electron chi connectivity index (χ4n) is 2.16. The molecule has 0 spiro atoms. The van der Waals surface area contributed by atoms with E-state index in [1.807, 2.05) is 0 Å². The van der Waals surface area contributed by atoms with Crippen LogP contribution in [0.4, 0.5) is 4.39 Å². The number of hydrogen-bond acceptors (Lipinski definition) is 3. The van der Waals surface area contributed by atoms with E-state index in [2.05, 4.69) is 25.9 Å². The third-order valence-corrected chi connectivity index (χ3v) is 3.58. The van der Waals surface area contributed by atoms with Crippen LogP contribution in [0.3, 0.4) is 0 Å². The Morgan fingerprint density at radius 2 is 1.76 bits per heavy atom. The summed E-state index contributed by atoms with van der Waals surface area (Å²) in [6, 6.07) is 8.21. The number of rotatable bonds is 3. The lowest BCUT2D eigenvalue weighted by Crippen LogP contribution is -1.89. The summed E-state index contributed by atoms with van der Waals surface area (Å²) in [6.45, 7) is 0. The maximum absolute atomic E-state index is 13.5. The van der Waals surface area contributed by atoms with E-state index in [-0.39, 0.29) is 5.82 Å². The van der Waals surface area contributed by atoms with E-state index in [1.165, 1.54) is 12.1 Å². The van der Waals surface area contributed by atoms with E-state index in [0.717, 1.165) is 11.0 Å². The van der Waals surface area contributed by atoms with Gasteiger partial charge in [-0.05, 0) is 18.2 Å². The van der Waals surface area contributed by atoms with Crippen molar-refractivity contribution in [3.05, 3.63) is 40.6 Å². The molecule has 0 amide bonds. The highest BCUT2D eigenvalue weighted by atomic mass is 79.9. The molecule has 0 bridgehead atoms. The fraction of sp³-hybridized carbons (Fsp3) is 0.133. The number of hydrogen-bond donors (Lipinski definition) is 1. The lowest BCUT2D eigenvalue weighted by atomic mass is 10.2. The highest BCUT2D eigenvalue weighted by Crippen LogP contribution is 2.33. The molecule has 3 rings (SSSR count). The molecular formula is C15H12BrFN2O2. The molecule has 21 heavy (non-hydrogen) atoms. The molecule has 1 heterocycles. The van der Waals surface area contributed by atoms with Crippen LogP contribution in [0, 0.1) is 5.82 Å². The second-order valence-corrected chi connectivity index (χ2v) is 5.38. The van der Waals surface area contributed by atoms with Crippen LogP contribution in [-0.4, -0.2) is 24.2 Å². The summed E-state index contributed by atoms with van der Waals surface area (Å²) >= 11 is 3.28. The number of aromatic amines is 1. The number of fused-ring (bicyclic) bond motifs is 1. The first-order chi connectivity index (χ1) is 10.1. The predicted molar refractivity (Wildman–Crippen MR) is 82.3 cm³/mol. The summed E-state index contributed by atoms with van der Waals surface area (Å²) in [4.78, 5) is 7.63. The molecule has 2 aromatic carbocycles. The molecule has 0 aliphatic heterocycles. The molecule has 0 fully saturated rings. The Labute approximate surface area is 129 Å². The van der Waals surface area contributed by atoms with Gasteiger partial charge in [0, 0.05) is 22.2 Å². The van der Waals surface area contributed by atoms with Gasteiger partial charge in [0.1, 0.15) is 11.6 Å². The van der Waals surface area contributed by atoms with E-state index < -0.39 is 0 Å². The first kappa shape index (κ1) is 13.9. The van der Waals surface area contributed by atoms with Crippen molar-refractivity contribution >= 4 is 27.0 Å². The van der Waals surface area contributed by atoms with Gasteiger partial charge in [-0.3, -0.25) is 0 Å². The molecule has 0 saturated heterocycles. The number of halogens is 2. The van der Waals surface area contributed by atoms with Crippen molar-refractivity contribution in [3.63, 3.8) is 0 Å². The van der Waals surface area contributed by atoms with Gasteiger partial charge in [0.05, 0.1) is 25.3 Å². The first-order valence-corrected chi connectivity index (χ1v) is 6.98. The number of benzene rings is 2. The lowest BCUT2D eigenvalue weighted by molar-refractivity contribution is 0.356. The third kappa shape index (κ3) is 2.58. The Morgan fingerprint density at radius 1 is 1.05 bits per heavy atom. The monoisotopic (exact) mass is 350 g/mol. The second-order valence-electron chi connectivity index (χ2n) is 4.47. The Bertz CT molecular complexity index is 756. The van der Waals surface area contributed by atoms with Gasteiger partial charge in [-0.2, -0.15) is 0 Å². The Morgan fingerprint density at radius 3 is 2.43 bits per heavy atom. The molecule has 0 saturated carbocycles.